The first-order chi connectivity index (χ1) is 15.9. The maximum Gasteiger partial charge on any atom is 0.508 e. The molecule has 0 unspecified atom stereocenters. The van der Waals surface area contributed by atoms with Crippen LogP contribution in [0.15, 0.2) is 60.2 Å². The first kappa shape index (κ1) is 24.2. The lowest BCUT2D eigenvalue weighted by atomic mass is 9.92. The van der Waals surface area contributed by atoms with Gasteiger partial charge in [-0.1, -0.05) is 37.1 Å². The van der Waals surface area contributed by atoms with Crippen molar-refractivity contribution in [3.05, 3.63) is 60.2 Å². The van der Waals surface area contributed by atoms with Crippen LogP contribution < -0.4 is 9.47 Å². The number of methoxy groups -OCH3 is 1. The van der Waals surface area contributed by atoms with Crippen LogP contribution in [0, 0.1) is 5.92 Å². The third kappa shape index (κ3) is 5.33. The van der Waals surface area contributed by atoms with Gasteiger partial charge in [0.1, 0.15) is 54.4 Å². The van der Waals surface area contributed by atoms with Crippen LogP contribution in [0.4, 0.5) is 4.79 Å². The van der Waals surface area contributed by atoms with E-state index >= 15 is 0 Å². The Hall–Kier alpha value is -3.40. The summed E-state index contributed by atoms with van der Waals surface area (Å²) in [5.41, 5.74) is 0.128. The van der Waals surface area contributed by atoms with E-state index in [0.717, 1.165) is 0 Å². The second-order valence-corrected chi connectivity index (χ2v) is 8.25. The largest absolute Gasteiger partial charge is 0.508 e. The number of fused-ring (bicyclic) bond motifs is 1. The monoisotopic (exact) mass is 475 g/mol. The van der Waals surface area contributed by atoms with E-state index in [9.17, 15) is 14.4 Å². The van der Waals surface area contributed by atoms with Gasteiger partial charge in [0.2, 0.25) is 5.91 Å². The van der Waals surface area contributed by atoms with E-state index < -0.39 is 29.5 Å². The molecule has 2 aliphatic rings. The Kier molecular flexibility index (Phi) is 8.05. The van der Waals surface area contributed by atoms with Gasteiger partial charge in [0.25, 0.3) is 0 Å². The average molecular weight is 476 g/mol. The molecule has 1 aromatic carbocycles. The number of thioether (sulfide) groups is 1. The summed E-state index contributed by atoms with van der Waals surface area (Å²) < 4.78 is 26.2. The predicted octanol–water partition coefficient (Wildman–Crippen LogP) is 3.27. The lowest BCUT2D eigenvalue weighted by Gasteiger charge is -2.44. The van der Waals surface area contributed by atoms with Crippen LogP contribution in [0.5, 0.6) is 11.5 Å². The van der Waals surface area contributed by atoms with Crippen molar-refractivity contribution >= 4 is 29.8 Å². The van der Waals surface area contributed by atoms with Gasteiger partial charge in [-0.15, -0.1) is 0 Å². The number of rotatable bonds is 11. The second kappa shape index (κ2) is 11.0. The van der Waals surface area contributed by atoms with Gasteiger partial charge in [0, 0.05) is 0 Å². The van der Waals surface area contributed by atoms with Gasteiger partial charge in [0.05, 0.1) is 12.0 Å². The summed E-state index contributed by atoms with van der Waals surface area (Å²) in [6.07, 6.45) is 1.21. The van der Waals surface area contributed by atoms with Crippen molar-refractivity contribution in [2.24, 2.45) is 5.92 Å². The van der Waals surface area contributed by atoms with Crippen LogP contribution in [-0.4, -0.2) is 61.3 Å². The highest BCUT2D eigenvalue weighted by molar-refractivity contribution is 8.04. The summed E-state index contributed by atoms with van der Waals surface area (Å²) in [5, 5.41) is -0.430. The molecule has 0 saturated carbocycles. The number of β-lactam (4-membered cyclic amide) rings is 1. The molecule has 1 fully saturated rings. The zero-order chi connectivity index (χ0) is 24.0. The van der Waals surface area contributed by atoms with Gasteiger partial charge in [-0.2, -0.15) is 0 Å². The Morgan fingerprint density at radius 3 is 2.39 bits per heavy atom. The van der Waals surface area contributed by atoms with Crippen molar-refractivity contribution in [3.8, 4) is 11.5 Å². The number of carbonyl (C=O) groups is 3. The summed E-state index contributed by atoms with van der Waals surface area (Å²) >= 11 is 1.30. The molecule has 0 aliphatic carbocycles. The van der Waals surface area contributed by atoms with Crippen LogP contribution in [0.1, 0.15) is 6.92 Å². The fraction of sp³-hybridized carbons (Fsp3) is 0.348. The van der Waals surface area contributed by atoms with Gasteiger partial charge in [-0.05, 0) is 31.2 Å². The molecule has 3 rings (SSSR count). The quantitative estimate of drug-likeness (QED) is 0.271. The minimum absolute atomic E-state index is 0.00215. The van der Waals surface area contributed by atoms with E-state index in [4.69, 9.17) is 23.7 Å². The van der Waals surface area contributed by atoms with E-state index in [1.807, 2.05) is 0 Å². The summed E-state index contributed by atoms with van der Waals surface area (Å²) in [6, 6.07) is 6.98. The molecule has 1 amide bonds. The van der Waals surface area contributed by atoms with Crippen LogP contribution in [-0.2, 0) is 23.8 Å². The van der Waals surface area contributed by atoms with Crippen LogP contribution in [0.3, 0.4) is 0 Å². The standard InChI is InChI=1S/C23H25NO8S/c1-5-11-29-22(26)19-17(13-31-16-9-7-15(28-4)8-10-16)33-21-18(20(25)24(19)21)14(3)32-23(27)30-12-6-2/h5-10,14,18,21H,1-2,11-13H2,3-4H3/t14-,18+,21-/m1/s1. The zero-order valence-corrected chi connectivity index (χ0v) is 19.2. The normalized spacial score (nSPS) is 19.7. The maximum absolute atomic E-state index is 12.9. The molecule has 176 valence electrons. The molecule has 0 N–H and O–H groups in total. The third-order valence-electron chi connectivity index (χ3n) is 4.91. The Labute approximate surface area is 195 Å². The van der Waals surface area contributed by atoms with E-state index in [1.54, 1.807) is 38.3 Å². The average Bonchev–Trinajstić information content (AvgIpc) is 3.14. The number of nitrogens with zero attached hydrogens (tertiary/aromatic N) is 1. The van der Waals surface area contributed by atoms with E-state index in [-0.39, 0.29) is 31.4 Å². The van der Waals surface area contributed by atoms with E-state index in [2.05, 4.69) is 13.2 Å². The Bertz CT molecular complexity index is 958. The first-order valence-corrected chi connectivity index (χ1v) is 11.0. The van der Waals surface area contributed by atoms with Gasteiger partial charge in [0.15, 0.2) is 0 Å². The van der Waals surface area contributed by atoms with Crippen molar-refractivity contribution in [2.45, 2.75) is 18.4 Å². The minimum atomic E-state index is -0.890. The molecule has 1 saturated heterocycles. The second-order valence-electron chi connectivity index (χ2n) is 7.04. The fourth-order valence-electron chi connectivity index (χ4n) is 3.34. The van der Waals surface area contributed by atoms with Crippen LogP contribution in [0.25, 0.3) is 0 Å². The smallest absolute Gasteiger partial charge is 0.497 e. The molecule has 2 aliphatic heterocycles. The molecule has 0 bridgehead atoms. The highest BCUT2D eigenvalue weighted by Gasteiger charge is 2.59. The van der Waals surface area contributed by atoms with Crippen molar-refractivity contribution in [1.29, 1.82) is 0 Å². The summed E-state index contributed by atoms with van der Waals surface area (Å²) in [6.45, 7) is 8.67. The van der Waals surface area contributed by atoms with Gasteiger partial charge in [-0.3, -0.25) is 9.69 Å². The van der Waals surface area contributed by atoms with E-state index in [1.165, 1.54) is 28.8 Å². The molecule has 10 heteroatoms. The summed E-state index contributed by atoms with van der Waals surface area (Å²) in [7, 11) is 1.57. The number of esters is 1. The number of carbonyl (C=O) groups excluding carboxylic acids is 3. The van der Waals surface area contributed by atoms with E-state index in [0.29, 0.717) is 16.4 Å². The summed E-state index contributed by atoms with van der Waals surface area (Å²) in [4.78, 5) is 39.3. The molecular weight excluding hydrogens is 450 g/mol. The molecule has 2 heterocycles. The SMILES string of the molecule is C=CCOC(=O)O[C@H](C)[C@H]1C(=O)N2C(C(=O)OCC=C)=C(COc3ccc(OC)cc3)S[C@H]12. The van der Waals surface area contributed by atoms with Crippen molar-refractivity contribution < 1.29 is 38.1 Å². The molecule has 9 nitrogen and oxygen atoms in total. The molecular formula is C23H25NO8S. The minimum Gasteiger partial charge on any atom is -0.497 e. The van der Waals surface area contributed by atoms with Gasteiger partial charge >= 0.3 is 12.1 Å². The van der Waals surface area contributed by atoms with Crippen LogP contribution in [0.2, 0.25) is 0 Å². The topological polar surface area (TPSA) is 101 Å². The first-order valence-electron chi connectivity index (χ1n) is 10.1. The highest BCUT2D eigenvalue weighted by atomic mass is 32.2. The molecule has 0 aromatic heterocycles. The number of ether oxygens (including phenoxy) is 5. The Balaban J connectivity index is 1.73. The number of hydrogen-bond acceptors (Lipinski definition) is 9. The van der Waals surface area contributed by atoms with Gasteiger partial charge < -0.3 is 23.7 Å². The highest BCUT2D eigenvalue weighted by Crippen LogP contribution is 2.51. The molecule has 1 aromatic rings. The zero-order valence-electron chi connectivity index (χ0n) is 18.4. The summed E-state index contributed by atoms with van der Waals surface area (Å²) in [5.74, 6) is -0.386. The van der Waals surface area contributed by atoms with Crippen molar-refractivity contribution in [2.75, 3.05) is 26.9 Å². The lowest BCUT2D eigenvalue weighted by Crippen LogP contribution is -2.61. The number of amides is 1. The maximum atomic E-state index is 12.9. The number of benzene rings is 1. The lowest BCUT2D eigenvalue weighted by molar-refractivity contribution is -0.158. The van der Waals surface area contributed by atoms with Crippen LogP contribution >= 0.6 is 11.8 Å². The Morgan fingerprint density at radius 1 is 1.12 bits per heavy atom. The fourth-order valence-corrected chi connectivity index (χ4v) is 4.85. The van der Waals surface area contributed by atoms with Crippen molar-refractivity contribution in [3.63, 3.8) is 0 Å². The van der Waals surface area contributed by atoms with Gasteiger partial charge in [-0.25, -0.2) is 9.59 Å². The predicted molar refractivity (Wildman–Crippen MR) is 120 cm³/mol. The Morgan fingerprint density at radius 2 is 1.76 bits per heavy atom. The third-order valence-corrected chi connectivity index (χ3v) is 6.26. The molecule has 0 radical (unpaired) electrons. The molecule has 0 spiro atoms. The molecule has 33 heavy (non-hydrogen) atoms. The number of hydrogen-bond donors (Lipinski definition) is 0. The van der Waals surface area contributed by atoms with Crippen molar-refractivity contribution in [1.82, 2.24) is 4.90 Å². The molecule has 3 atom stereocenters.